The van der Waals surface area contributed by atoms with Gasteiger partial charge < -0.3 is 4.90 Å². The van der Waals surface area contributed by atoms with E-state index in [0.717, 1.165) is 6.54 Å². The van der Waals surface area contributed by atoms with Gasteiger partial charge in [-0.2, -0.15) is 0 Å². The summed E-state index contributed by atoms with van der Waals surface area (Å²) in [5.41, 5.74) is 1.66. The van der Waals surface area contributed by atoms with Crippen molar-refractivity contribution in [3.05, 3.63) is 29.6 Å². The molecule has 0 unspecified atom stereocenters. The topological polar surface area (TPSA) is 6.48 Å². The molecule has 0 radical (unpaired) electrons. The molecular formula is C19H27ClN2S. The Balaban J connectivity index is 0.00000156. The molecule has 2 heterocycles. The third kappa shape index (κ3) is 2.88. The van der Waals surface area contributed by atoms with E-state index in [0.29, 0.717) is 12.1 Å². The molecule has 1 aromatic heterocycles. The highest BCUT2D eigenvalue weighted by molar-refractivity contribution is 7.17. The molecule has 0 spiro atoms. The predicted octanol–water partition coefficient (Wildman–Crippen LogP) is 5.16. The summed E-state index contributed by atoms with van der Waals surface area (Å²) in [6.45, 7) is 5.92. The maximum atomic E-state index is 2.71. The number of nitrogens with zero attached hydrogens (tertiary/aromatic N) is 2. The molecule has 2 atom stereocenters. The molecule has 4 heteroatoms. The number of hydrogen-bond donors (Lipinski definition) is 0. The zero-order valence-electron chi connectivity index (χ0n) is 14.3. The summed E-state index contributed by atoms with van der Waals surface area (Å²) < 4.78 is 1.40. The van der Waals surface area contributed by atoms with Crippen LogP contribution in [-0.2, 0) is 0 Å². The van der Waals surface area contributed by atoms with Crippen molar-refractivity contribution in [2.75, 3.05) is 18.5 Å². The highest BCUT2D eigenvalue weighted by atomic mass is 35.5. The van der Waals surface area contributed by atoms with Gasteiger partial charge in [0.2, 0.25) is 0 Å². The fraction of sp³-hybridized carbons (Fsp3) is 0.579. The lowest BCUT2D eigenvalue weighted by Gasteiger charge is -2.57. The zero-order chi connectivity index (χ0) is 15.3. The summed E-state index contributed by atoms with van der Waals surface area (Å²) in [5.74, 6) is 0. The van der Waals surface area contributed by atoms with Crippen LogP contribution >= 0.6 is 23.7 Å². The van der Waals surface area contributed by atoms with Gasteiger partial charge in [0.25, 0.3) is 0 Å². The minimum Gasteiger partial charge on any atom is -0.365 e. The van der Waals surface area contributed by atoms with E-state index < -0.39 is 0 Å². The Morgan fingerprint density at radius 3 is 2.61 bits per heavy atom. The summed E-state index contributed by atoms with van der Waals surface area (Å²) in [7, 11) is 2.34. The van der Waals surface area contributed by atoms with Crippen LogP contribution in [0.15, 0.2) is 29.6 Å². The Hall–Kier alpha value is -0.770. The number of piperazine rings is 1. The normalized spacial score (nSPS) is 27.5. The highest BCUT2D eigenvalue weighted by Gasteiger charge is 2.44. The quantitative estimate of drug-likeness (QED) is 0.700. The molecule has 2 fully saturated rings. The first-order valence-corrected chi connectivity index (χ1v) is 9.41. The Morgan fingerprint density at radius 1 is 1.09 bits per heavy atom. The molecule has 0 bridgehead atoms. The summed E-state index contributed by atoms with van der Waals surface area (Å²) in [6, 6.07) is 10.7. The fourth-order valence-corrected chi connectivity index (χ4v) is 5.19. The standard InChI is InChI=1S/C19H26N2S.ClH/c1-19(2)13-21(17-7-5-4-6-16(17)20(19)3)15-8-9-18-14(12-15)10-11-22-18;/h8-12,16-17H,4-7,13H2,1-3H3;1H/t16-,17+;/m1./s1. The maximum Gasteiger partial charge on any atom is 0.0446 e. The van der Waals surface area contributed by atoms with Crippen LogP contribution in [0.2, 0.25) is 0 Å². The minimum atomic E-state index is 0. The average molecular weight is 351 g/mol. The van der Waals surface area contributed by atoms with Gasteiger partial charge in [-0.05, 0) is 68.8 Å². The molecule has 126 valence electrons. The Labute approximate surface area is 149 Å². The molecule has 0 amide bonds. The maximum absolute atomic E-state index is 2.71. The lowest BCUT2D eigenvalue weighted by Crippen LogP contribution is -2.67. The van der Waals surface area contributed by atoms with Crippen LogP contribution in [0, 0.1) is 0 Å². The molecule has 0 N–H and O–H groups in total. The Morgan fingerprint density at radius 2 is 1.83 bits per heavy atom. The number of fused-ring (bicyclic) bond motifs is 2. The number of hydrogen-bond acceptors (Lipinski definition) is 3. The van der Waals surface area contributed by atoms with Gasteiger partial charge in [-0.1, -0.05) is 12.8 Å². The first-order chi connectivity index (χ1) is 10.6. The summed E-state index contributed by atoms with van der Waals surface area (Å²) >= 11 is 1.84. The lowest BCUT2D eigenvalue weighted by atomic mass is 9.81. The first-order valence-electron chi connectivity index (χ1n) is 8.53. The van der Waals surface area contributed by atoms with Crippen LogP contribution in [0.4, 0.5) is 5.69 Å². The molecule has 1 saturated carbocycles. The van der Waals surface area contributed by atoms with Gasteiger partial charge in [-0.15, -0.1) is 23.7 Å². The van der Waals surface area contributed by atoms with E-state index in [1.165, 1.54) is 41.5 Å². The van der Waals surface area contributed by atoms with Crippen LogP contribution in [0.3, 0.4) is 0 Å². The average Bonchev–Trinajstić information content (AvgIpc) is 2.98. The van der Waals surface area contributed by atoms with Crippen molar-refractivity contribution in [3.8, 4) is 0 Å². The second-order valence-electron chi connectivity index (χ2n) is 7.61. The van der Waals surface area contributed by atoms with Crippen molar-refractivity contribution < 1.29 is 0 Å². The van der Waals surface area contributed by atoms with Crippen LogP contribution < -0.4 is 4.90 Å². The number of rotatable bonds is 1. The van der Waals surface area contributed by atoms with E-state index in [1.807, 2.05) is 11.3 Å². The predicted molar refractivity (Wildman–Crippen MR) is 104 cm³/mol. The van der Waals surface area contributed by atoms with Gasteiger partial charge in [0.05, 0.1) is 0 Å². The zero-order valence-corrected chi connectivity index (χ0v) is 15.9. The Kier molecular flexibility index (Phi) is 4.65. The smallest absolute Gasteiger partial charge is 0.0446 e. The van der Waals surface area contributed by atoms with Crippen molar-refractivity contribution in [2.45, 2.75) is 57.2 Å². The van der Waals surface area contributed by atoms with Crippen LogP contribution in [-0.4, -0.2) is 36.1 Å². The molecule has 2 nitrogen and oxygen atoms in total. The van der Waals surface area contributed by atoms with Crippen molar-refractivity contribution in [2.24, 2.45) is 0 Å². The van der Waals surface area contributed by atoms with Gasteiger partial charge in [0, 0.05) is 34.6 Å². The van der Waals surface area contributed by atoms with E-state index in [1.54, 1.807) is 0 Å². The van der Waals surface area contributed by atoms with Gasteiger partial charge in [-0.25, -0.2) is 0 Å². The van der Waals surface area contributed by atoms with E-state index >= 15 is 0 Å². The first kappa shape index (κ1) is 17.1. The van der Waals surface area contributed by atoms with E-state index in [2.05, 4.69) is 60.3 Å². The SMILES string of the molecule is CN1[C@@H]2CCCC[C@@H]2N(c2ccc3sccc3c2)CC1(C)C.Cl. The second-order valence-corrected chi connectivity index (χ2v) is 8.56. The number of thiophene rings is 1. The molecule has 1 saturated heterocycles. The molecular weight excluding hydrogens is 324 g/mol. The van der Waals surface area contributed by atoms with E-state index in [4.69, 9.17) is 0 Å². The van der Waals surface area contributed by atoms with Gasteiger partial charge >= 0.3 is 0 Å². The molecule has 23 heavy (non-hydrogen) atoms. The van der Waals surface area contributed by atoms with Crippen molar-refractivity contribution in [1.29, 1.82) is 0 Å². The minimum absolute atomic E-state index is 0. The molecule has 1 aliphatic carbocycles. The van der Waals surface area contributed by atoms with Gasteiger partial charge in [-0.3, -0.25) is 4.90 Å². The van der Waals surface area contributed by atoms with E-state index in [-0.39, 0.29) is 17.9 Å². The monoisotopic (exact) mass is 350 g/mol. The third-order valence-electron chi connectivity index (χ3n) is 5.87. The molecule has 2 aromatic rings. The summed E-state index contributed by atoms with van der Waals surface area (Å²) in [5, 5.41) is 3.60. The van der Waals surface area contributed by atoms with Gasteiger partial charge in [0.1, 0.15) is 0 Å². The van der Waals surface area contributed by atoms with Crippen molar-refractivity contribution in [3.63, 3.8) is 0 Å². The summed E-state index contributed by atoms with van der Waals surface area (Å²) in [6.07, 6.45) is 5.46. The summed E-state index contributed by atoms with van der Waals surface area (Å²) in [4.78, 5) is 5.36. The van der Waals surface area contributed by atoms with Crippen molar-refractivity contribution in [1.82, 2.24) is 4.90 Å². The largest absolute Gasteiger partial charge is 0.365 e. The van der Waals surface area contributed by atoms with E-state index in [9.17, 15) is 0 Å². The number of benzene rings is 1. The molecule has 2 aliphatic rings. The number of anilines is 1. The van der Waals surface area contributed by atoms with Crippen molar-refractivity contribution >= 4 is 39.5 Å². The fourth-order valence-electron chi connectivity index (χ4n) is 4.42. The van der Waals surface area contributed by atoms with Crippen LogP contribution in [0.5, 0.6) is 0 Å². The van der Waals surface area contributed by atoms with Gasteiger partial charge in [0.15, 0.2) is 0 Å². The van der Waals surface area contributed by atoms with Crippen LogP contribution in [0.25, 0.3) is 10.1 Å². The lowest BCUT2D eigenvalue weighted by molar-refractivity contribution is 0.0337. The molecule has 1 aliphatic heterocycles. The highest BCUT2D eigenvalue weighted by Crippen LogP contribution is 2.39. The van der Waals surface area contributed by atoms with Crippen LogP contribution in [0.1, 0.15) is 39.5 Å². The molecule has 4 rings (SSSR count). The second kappa shape index (κ2) is 6.27. The number of halogens is 1. The molecule has 1 aromatic carbocycles. The number of likely N-dealkylation sites (N-methyl/N-ethyl adjacent to an activating group) is 1. The Bertz CT molecular complexity index is 681. The third-order valence-corrected chi connectivity index (χ3v) is 6.77.